The van der Waals surface area contributed by atoms with E-state index in [-0.39, 0.29) is 5.92 Å². The predicted octanol–water partition coefficient (Wildman–Crippen LogP) is 1.96. The highest BCUT2D eigenvalue weighted by Gasteiger charge is 2.21. The van der Waals surface area contributed by atoms with Crippen LogP contribution in [0.1, 0.15) is 43.0 Å². The third kappa shape index (κ3) is 3.67. The van der Waals surface area contributed by atoms with Crippen molar-refractivity contribution >= 4 is 5.78 Å². The zero-order chi connectivity index (χ0) is 12.8. The molecule has 1 aromatic rings. The van der Waals surface area contributed by atoms with E-state index >= 15 is 0 Å². The first-order valence-electron chi connectivity index (χ1n) is 7.20. The number of benzene rings is 1. The largest absolute Gasteiger partial charge is 0.334 e. The lowest BCUT2D eigenvalue weighted by atomic mass is 9.99. The van der Waals surface area contributed by atoms with Gasteiger partial charge < -0.3 is 4.90 Å². The Labute approximate surface area is 110 Å². The van der Waals surface area contributed by atoms with Gasteiger partial charge in [-0.15, -0.1) is 0 Å². The molecule has 0 bridgehead atoms. The average molecular weight is 246 g/mol. The van der Waals surface area contributed by atoms with Crippen molar-refractivity contribution in [3.63, 3.8) is 0 Å². The summed E-state index contributed by atoms with van der Waals surface area (Å²) < 4.78 is 0. The minimum absolute atomic E-state index is 0.139. The van der Waals surface area contributed by atoms with Crippen molar-refractivity contribution in [3.8, 4) is 0 Å². The number of Topliss-reactive ketones (excluding diaryl/α,β-unsaturated/α-hetero) is 1. The molecule has 1 aliphatic rings. The normalized spacial score (nSPS) is 19.2. The van der Waals surface area contributed by atoms with Crippen molar-refractivity contribution < 1.29 is 9.69 Å². The molecule has 1 saturated heterocycles. The Morgan fingerprint density at radius 1 is 1.11 bits per heavy atom. The van der Waals surface area contributed by atoms with E-state index in [1.165, 1.54) is 38.8 Å². The summed E-state index contributed by atoms with van der Waals surface area (Å²) >= 11 is 0. The maximum Gasteiger partial charge on any atom is 0.171 e. The van der Waals surface area contributed by atoms with Gasteiger partial charge in [-0.1, -0.05) is 30.3 Å². The molecule has 2 rings (SSSR count). The number of carbonyl (C=O) groups is 1. The molecule has 1 N–H and O–H groups in total. The molecule has 1 aliphatic heterocycles. The number of quaternary nitrogens is 1. The summed E-state index contributed by atoms with van der Waals surface area (Å²) in [5.41, 5.74) is 0.860. The molecule has 1 fully saturated rings. The summed E-state index contributed by atoms with van der Waals surface area (Å²) in [7, 11) is 0. The van der Waals surface area contributed by atoms with Crippen molar-refractivity contribution in [2.75, 3.05) is 19.6 Å². The van der Waals surface area contributed by atoms with E-state index in [4.69, 9.17) is 0 Å². The highest BCUT2D eigenvalue weighted by Crippen LogP contribution is 2.07. The van der Waals surface area contributed by atoms with Crippen LogP contribution in [0.15, 0.2) is 30.3 Å². The molecule has 0 spiro atoms. The number of likely N-dealkylation sites (tertiary alicyclic amines) is 1. The molecule has 1 atom stereocenters. The molecule has 18 heavy (non-hydrogen) atoms. The van der Waals surface area contributed by atoms with Gasteiger partial charge in [0.25, 0.3) is 0 Å². The fourth-order valence-electron chi connectivity index (χ4n) is 2.85. The van der Waals surface area contributed by atoms with Crippen molar-refractivity contribution in [2.45, 2.75) is 32.6 Å². The number of nitrogens with one attached hydrogen (secondary N) is 1. The number of hydrogen-bond donors (Lipinski definition) is 1. The van der Waals surface area contributed by atoms with Crippen LogP contribution in [0.2, 0.25) is 0 Å². The second kappa shape index (κ2) is 6.69. The first-order valence-corrected chi connectivity index (χ1v) is 7.20. The SMILES string of the molecule is C[C@@H](C[NH+]1CCCCCC1)C(=O)c1ccccc1. The Morgan fingerprint density at radius 3 is 2.33 bits per heavy atom. The Balaban J connectivity index is 1.90. The van der Waals surface area contributed by atoms with Gasteiger partial charge in [0.1, 0.15) is 0 Å². The van der Waals surface area contributed by atoms with Crippen LogP contribution < -0.4 is 4.90 Å². The monoisotopic (exact) mass is 246 g/mol. The molecule has 0 aromatic heterocycles. The van der Waals surface area contributed by atoms with Gasteiger partial charge in [-0.3, -0.25) is 4.79 Å². The van der Waals surface area contributed by atoms with Crippen LogP contribution in [0.25, 0.3) is 0 Å². The number of rotatable bonds is 4. The number of ketones is 1. The second-order valence-electron chi connectivity index (χ2n) is 5.50. The third-order valence-electron chi connectivity index (χ3n) is 3.91. The molecule has 0 amide bonds. The van der Waals surface area contributed by atoms with Gasteiger partial charge in [-0.2, -0.15) is 0 Å². The van der Waals surface area contributed by atoms with E-state index in [1.54, 1.807) is 4.90 Å². The van der Waals surface area contributed by atoms with Gasteiger partial charge in [-0.05, 0) is 32.6 Å². The zero-order valence-electron chi connectivity index (χ0n) is 11.3. The highest BCUT2D eigenvalue weighted by atomic mass is 16.1. The Bertz CT molecular complexity index is 366. The highest BCUT2D eigenvalue weighted by molar-refractivity contribution is 5.97. The Hall–Kier alpha value is -1.15. The lowest BCUT2D eigenvalue weighted by Crippen LogP contribution is -3.12. The maximum atomic E-state index is 12.3. The summed E-state index contributed by atoms with van der Waals surface area (Å²) in [6, 6.07) is 9.70. The Kier molecular flexibility index (Phi) is 4.94. The second-order valence-corrected chi connectivity index (χ2v) is 5.50. The number of hydrogen-bond acceptors (Lipinski definition) is 1. The summed E-state index contributed by atoms with van der Waals surface area (Å²) in [6.07, 6.45) is 5.37. The molecule has 0 unspecified atom stereocenters. The lowest BCUT2D eigenvalue weighted by Gasteiger charge is -2.20. The molecule has 1 heterocycles. The van der Waals surface area contributed by atoms with Crippen molar-refractivity contribution in [2.24, 2.45) is 5.92 Å². The van der Waals surface area contributed by atoms with Gasteiger partial charge in [0.2, 0.25) is 0 Å². The van der Waals surface area contributed by atoms with Gasteiger partial charge in [0.05, 0.1) is 25.6 Å². The summed E-state index contributed by atoms with van der Waals surface area (Å²) in [5, 5.41) is 0. The summed E-state index contributed by atoms with van der Waals surface area (Å²) in [6.45, 7) is 5.56. The zero-order valence-corrected chi connectivity index (χ0v) is 11.3. The maximum absolute atomic E-state index is 12.3. The first-order chi connectivity index (χ1) is 8.77. The van der Waals surface area contributed by atoms with Crippen LogP contribution in [0.4, 0.5) is 0 Å². The van der Waals surface area contributed by atoms with Gasteiger partial charge in [-0.25, -0.2) is 0 Å². The van der Waals surface area contributed by atoms with E-state index in [0.29, 0.717) is 5.78 Å². The van der Waals surface area contributed by atoms with Crippen molar-refractivity contribution in [1.29, 1.82) is 0 Å². The molecule has 2 heteroatoms. The minimum atomic E-state index is 0.139. The Morgan fingerprint density at radius 2 is 1.72 bits per heavy atom. The third-order valence-corrected chi connectivity index (χ3v) is 3.91. The molecule has 1 aromatic carbocycles. The van der Waals surface area contributed by atoms with Crippen LogP contribution in [0.3, 0.4) is 0 Å². The van der Waals surface area contributed by atoms with Crippen LogP contribution in [0.5, 0.6) is 0 Å². The molecule has 0 radical (unpaired) electrons. The van der Waals surface area contributed by atoms with Crippen LogP contribution in [-0.4, -0.2) is 25.4 Å². The van der Waals surface area contributed by atoms with Gasteiger partial charge in [0, 0.05) is 5.56 Å². The molecule has 0 aliphatic carbocycles. The molecule has 2 nitrogen and oxygen atoms in total. The predicted molar refractivity (Wildman–Crippen MR) is 74.0 cm³/mol. The van der Waals surface area contributed by atoms with Gasteiger partial charge in [0.15, 0.2) is 5.78 Å². The van der Waals surface area contributed by atoms with Crippen LogP contribution in [-0.2, 0) is 0 Å². The molecular formula is C16H24NO+. The van der Waals surface area contributed by atoms with E-state index in [2.05, 4.69) is 6.92 Å². The summed E-state index contributed by atoms with van der Waals surface area (Å²) in [5.74, 6) is 0.438. The van der Waals surface area contributed by atoms with E-state index in [9.17, 15) is 4.79 Å². The number of carbonyl (C=O) groups excluding carboxylic acids is 1. The fourth-order valence-corrected chi connectivity index (χ4v) is 2.85. The smallest absolute Gasteiger partial charge is 0.171 e. The molecule has 98 valence electrons. The quantitative estimate of drug-likeness (QED) is 0.806. The topological polar surface area (TPSA) is 21.5 Å². The lowest BCUT2D eigenvalue weighted by molar-refractivity contribution is -0.901. The van der Waals surface area contributed by atoms with Crippen molar-refractivity contribution in [3.05, 3.63) is 35.9 Å². The molecule has 0 saturated carbocycles. The van der Waals surface area contributed by atoms with Crippen LogP contribution >= 0.6 is 0 Å². The van der Waals surface area contributed by atoms with E-state index in [1.807, 2.05) is 30.3 Å². The summed E-state index contributed by atoms with van der Waals surface area (Å²) in [4.78, 5) is 13.9. The van der Waals surface area contributed by atoms with Crippen molar-refractivity contribution in [1.82, 2.24) is 0 Å². The standard InChI is InChI=1S/C16H23NO/c1-14(13-17-11-7-2-3-8-12-17)16(18)15-9-5-4-6-10-15/h4-6,9-10,14H,2-3,7-8,11-13H2,1H3/p+1/t14-/m0/s1. The van der Waals surface area contributed by atoms with Crippen LogP contribution in [0, 0.1) is 5.92 Å². The molecular weight excluding hydrogens is 222 g/mol. The van der Waals surface area contributed by atoms with E-state index in [0.717, 1.165) is 12.1 Å². The average Bonchev–Trinajstić information content (AvgIpc) is 2.67. The first kappa shape index (κ1) is 13.3. The minimum Gasteiger partial charge on any atom is -0.334 e. The fraction of sp³-hybridized carbons (Fsp3) is 0.562. The van der Waals surface area contributed by atoms with Gasteiger partial charge >= 0.3 is 0 Å². The van der Waals surface area contributed by atoms with E-state index < -0.39 is 0 Å².